The summed E-state index contributed by atoms with van der Waals surface area (Å²) in [5.74, 6) is 0.181. The number of nitrogens with one attached hydrogen (secondary N) is 1. The van der Waals surface area contributed by atoms with Crippen LogP contribution in [0.15, 0.2) is 0 Å². The predicted octanol–water partition coefficient (Wildman–Crippen LogP) is 0.555. The second kappa shape index (κ2) is 5.93. The van der Waals surface area contributed by atoms with Gasteiger partial charge in [-0.15, -0.1) is 0 Å². The molecule has 1 saturated carbocycles. The number of piperazine rings is 1. The van der Waals surface area contributed by atoms with E-state index in [1.54, 1.807) is 25.9 Å². The quantitative estimate of drug-likeness (QED) is 0.697. The Morgan fingerprint density at radius 3 is 2.43 bits per heavy atom. The van der Waals surface area contributed by atoms with Gasteiger partial charge in [-0.2, -0.15) is 0 Å². The van der Waals surface area contributed by atoms with Gasteiger partial charge in [0.25, 0.3) is 0 Å². The highest BCUT2D eigenvalue weighted by Gasteiger charge is 2.57. The van der Waals surface area contributed by atoms with Gasteiger partial charge in [0.1, 0.15) is 11.1 Å². The molecule has 1 heterocycles. The molecule has 1 aliphatic heterocycles. The van der Waals surface area contributed by atoms with Crippen LogP contribution in [0.5, 0.6) is 0 Å². The van der Waals surface area contributed by atoms with Crippen LogP contribution in [0.4, 0.5) is 0 Å². The van der Waals surface area contributed by atoms with Crippen molar-refractivity contribution in [2.24, 2.45) is 5.92 Å². The monoisotopic (exact) mass is 298 g/mol. The third kappa shape index (κ3) is 3.06. The second-order valence-corrected chi connectivity index (χ2v) is 6.55. The Kier molecular flexibility index (Phi) is 4.58. The van der Waals surface area contributed by atoms with E-state index in [-0.39, 0.29) is 17.7 Å². The zero-order valence-corrected chi connectivity index (χ0v) is 13.4. The molecule has 0 radical (unpaired) electrons. The first-order valence-corrected chi connectivity index (χ1v) is 7.55. The molecule has 2 aliphatic rings. The highest BCUT2D eigenvalue weighted by Crippen LogP contribution is 2.43. The van der Waals surface area contributed by atoms with Crippen LogP contribution in [0.2, 0.25) is 0 Å². The summed E-state index contributed by atoms with van der Waals surface area (Å²) in [6.07, 6.45) is 2.00. The number of rotatable bonds is 7. The molecular weight excluding hydrogens is 272 g/mol. The molecule has 2 rings (SSSR count). The molecule has 0 spiro atoms. The molecule has 0 aromatic heterocycles. The number of hydrogen-bond acceptors (Lipinski definition) is 4. The molecule has 1 saturated heterocycles. The molecule has 120 valence electrons. The number of methoxy groups -OCH3 is 1. The standard InChI is InChI=1S/C15H26N2O4/c1-14(2)12(18)16-15(3,11-5-6-11)13(19)17(14)7-8-21-10-9-20-4/h11H,5-10H2,1-4H3,(H,16,18). The highest BCUT2D eigenvalue weighted by molar-refractivity contribution is 6.02. The van der Waals surface area contributed by atoms with Crippen molar-refractivity contribution in [2.45, 2.75) is 44.7 Å². The van der Waals surface area contributed by atoms with Gasteiger partial charge in [-0.1, -0.05) is 0 Å². The molecule has 2 fully saturated rings. The average Bonchev–Trinajstić information content (AvgIpc) is 3.25. The van der Waals surface area contributed by atoms with E-state index in [2.05, 4.69) is 5.32 Å². The summed E-state index contributed by atoms with van der Waals surface area (Å²) in [4.78, 5) is 26.9. The van der Waals surface area contributed by atoms with Crippen LogP contribution in [0, 0.1) is 5.92 Å². The Morgan fingerprint density at radius 1 is 1.19 bits per heavy atom. The zero-order chi connectivity index (χ0) is 15.7. The largest absolute Gasteiger partial charge is 0.382 e. The summed E-state index contributed by atoms with van der Waals surface area (Å²) in [6, 6.07) is 0. The molecule has 1 unspecified atom stereocenters. The van der Waals surface area contributed by atoms with Crippen molar-refractivity contribution in [3.63, 3.8) is 0 Å². The van der Waals surface area contributed by atoms with E-state index in [0.717, 1.165) is 12.8 Å². The van der Waals surface area contributed by atoms with Gasteiger partial charge in [-0.05, 0) is 39.5 Å². The lowest BCUT2D eigenvalue weighted by molar-refractivity contribution is -0.162. The van der Waals surface area contributed by atoms with Crippen LogP contribution >= 0.6 is 0 Å². The van der Waals surface area contributed by atoms with Crippen molar-refractivity contribution in [2.75, 3.05) is 33.5 Å². The van der Waals surface area contributed by atoms with E-state index in [0.29, 0.717) is 26.4 Å². The van der Waals surface area contributed by atoms with E-state index in [1.807, 2.05) is 6.92 Å². The van der Waals surface area contributed by atoms with Crippen molar-refractivity contribution in [3.8, 4) is 0 Å². The first-order chi connectivity index (χ1) is 9.84. The van der Waals surface area contributed by atoms with Crippen molar-refractivity contribution in [1.82, 2.24) is 10.2 Å². The molecule has 21 heavy (non-hydrogen) atoms. The summed E-state index contributed by atoms with van der Waals surface area (Å²) >= 11 is 0. The number of carbonyl (C=O) groups excluding carboxylic acids is 2. The van der Waals surface area contributed by atoms with Gasteiger partial charge in [0.2, 0.25) is 11.8 Å². The molecule has 0 aromatic carbocycles. The predicted molar refractivity (Wildman–Crippen MR) is 77.8 cm³/mol. The fourth-order valence-corrected chi connectivity index (χ4v) is 2.82. The molecule has 1 atom stereocenters. The molecular formula is C15H26N2O4. The summed E-state index contributed by atoms with van der Waals surface area (Å²) in [5.41, 5.74) is -1.59. The van der Waals surface area contributed by atoms with Crippen LogP contribution in [0.3, 0.4) is 0 Å². The third-order valence-corrected chi connectivity index (χ3v) is 4.58. The number of nitrogens with zero attached hydrogens (tertiary/aromatic N) is 1. The molecule has 2 amide bonds. The zero-order valence-electron chi connectivity index (χ0n) is 13.4. The highest BCUT2D eigenvalue weighted by atomic mass is 16.5. The number of amides is 2. The maximum Gasteiger partial charge on any atom is 0.249 e. The van der Waals surface area contributed by atoms with Crippen LogP contribution in [-0.2, 0) is 19.1 Å². The molecule has 1 N–H and O–H groups in total. The Hall–Kier alpha value is -1.14. The molecule has 0 bridgehead atoms. The van der Waals surface area contributed by atoms with Crippen LogP contribution in [0.1, 0.15) is 33.6 Å². The van der Waals surface area contributed by atoms with E-state index >= 15 is 0 Å². The summed E-state index contributed by atoms with van der Waals surface area (Å²) in [5, 5.41) is 2.94. The SMILES string of the molecule is COCCOCCN1C(=O)C(C)(C2CC2)NC(=O)C1(C)C. The average molecular weight is 298 g/mol. The van der Waals surface area contributed by atoms with Gasteiger partial charge >= 0.3 is 0 Å². The van der Waals surface area contributed by atoms with Crippen LogP contribution < -0.4 is 5.32 Å². The lowest BCUT2D eigenvalue weighted by atomic mass is 9.85. The van der Waals surface area contributed by atoms with Crippen molar-refractivity contribution in [3.05, 3.63) is 0 Å². The normalized spacial score (nSPS) is 28.7. The Morgan fingerprint density at radius 2 is 1.86 bits per heavy atom. The maximum absolute atomic E-state index is 12.8. The van der Waals surface area contributed by atoms with E-state index in [9.17, 15) is 9.59 Å². The topological polar surface area (TPSA) is 67.9 Å². The van der Waals surface area contributed by atoms with E-state index < -0.39 is 11.1 Å². The van der Waals surface area contributed by atoms with Crippen molar-refractivity contribution >= 4 is 11.8 Å². The first kappa shape index (κ1) is 16.2. The van der Waals surface area contributed by atoms with Gasteiger partial charge < -0.3 is 19.7 Å². The Labute approximate surface area is 126 Å². The van der Waals surface area contributed by atoms with E-state index in [1.165, 1.54) is 0 Å². The van der Waals surface area contributed by atoms with Gasteiger partial charge in [-0.25, -0.2) is 0 Å². The van der Waals surface area contributed by atoms with Crippen molar-refractivity contribution < 1.29 is 19.1 Å². The molecule has 6 nitrogen and oxygen atoms in total. The van der Waals surface area contributed by atoms with Crippen LogP contribution in [0.25, 0.3) is 0 Å². The summed E-state index contributed by atoms with van der Waals surface area (Å²) < 4.78 is 10.4. The maximum atomic E-state index is 12.8. The second-order valence-electron chi connectivity index (χ2n) is 6.55. The fourth-order valence-electron chi connectivity index (χ4n) is 2.82. The number of hydrogen-bond donors (Lipinski definition) is 1. The third-order valence-electron chi connectivity index (χ3n) is 4.58. The minimum Gasteiger partial charge on any atom is -0.382 e. The minimum atomic E-state index is -0.837. The summed E-state index contributed by atoms with van der Waals surface area (Å²) in [6.45, 7) is 7.25. The van der Waals surface area contributed by atoms with E-state index in [4.69, 9.17) is 9.47 Å². The Balaban J connectivity index is 2.03. The van der Waals surface area contributed by atoms with Gasteiger partial charge in [0.05, 0.1) is 19.8 Å². The lowest BCUT2D eigenvalue weighted by Crippen LogP contribution is -2.74. The minimum absolute atomic E-state index is 0.00458. The number of carbonyl (C=O) groups is 2. The number of ether oxygens (including phenoxy) is 2. The molecule has 1 aliphatic carbocycles. The lowest BCUT2D eigenvalue weighted by Gasteiger charge is -2.49. The van der Waals surface area contributed by atoms with Crippen molar-refractivity contribution in [1.29, 1.82) is 0 Å². The van der Waals surface area contributed by atoms with Gasteiger partial charge in [0, 0.05) is 13.7 Å². The van der Waals surface area contributed by atoms with Crippen LogP contribution in [-0.4, -0.2) is 61.3 Å². The Bertz CT molecular complexity index is 420. The van der Waals surface area contributed by atoms with Gasteiger partial charge in [-0.3, -0.25) is 9.59 Å². The molecule has 0 aromatic rings. The first-order valence-electron chi connectivity index (χ1n) is 7.55. The smallest absolute Gasteiger partial charge is 0.249 e. The van der Waals surface area contributed by atoms with Gasteiger partial charge in [0.15, 0.2) is 0 Å². The fraction of sp³-hybridized carbons (Fsp3) is 0.867. The summed E-state index contributed by atoms with van der Waals surface area (Å²) in [7, 11) is 1.62. The molecule has 6 heteroatoms.